The van der Waals surface area contributed by atoms with Gasteiger partial charge < -0.3 is 20.1 Å². The van der Waals surface area contributed by atoms with E-state index in [9.17, 15) is 9.59 Å². The molecule has 6 nitrogen and oxygen atoms in total. The van der Waals surface area contributed by atoms with Gasteiger partial charge in [0, 0.05) is 11.3 Å². The Hall–Kier alpha value is -3.28. The van der Waals surface area contributed by atoms with Crippen LogP contribution in [0.3, 0.4) is 0 Å². The zero-order valence-electron chi connectivity index (χ0n) is 15.8. The molecule has 1 saturated heterocycles. The van der Waals surface area contributed by atoms with Gasteiger partial charge in [0.25, 0.3) is 0 Å². The molecule has 6 heteroatoms. The molecule has 0 spiro atoms. The zero-order valence-corrected chi connectivity index (χ0v) is 15.8. The number of nitrogens with one attached hydrogen (secondary N) is 2. The number of benzene rings is 2. The monoisotopic (exact) mass is 380 g/mol. The lowest BCUT2D eigenvalue weighted by atomic mass is 9.88. The van der Waals surface area contributed by atoms with E-state index >= 15 is 0 Å². The number of rotatable bonds is 7. The van der Waals surface area contributed by atoms with E-state index in [1.54, 1.807) is 0 Å². The molecule has 1 aliphatic heterocycles. The van der Waals surface area contributed by atoms with Crippen molar-refractivity contribution < 1.29 is 19.1 Å². The SMILES string of the molecule is C=C1NC(=O)N[C@@H](c2ccccc2OCCC)[C@@H]1C(=O)OCc1ccccc1. The summed E-state index contributed by atoms with van der Waals surface area (Å²) in [5.41, 5.74) is 1.91. The predicted molar refractivity (Wildman–Crippen MR) is 106 cm³/mol. The lowest BCUT2D eigenvalue weighted by Gasteiger charge is -2.34. The van der Waals surface area contributed by atoms with Crippen LogP contribution in [-0.4, -0.2) is 18.6 Å². The van der Waals surface area contributed by atoms with Gasteiger partial charge in [0.2, 0.25) is 0 Å². The van der Waals surface area contributed by atoms with E-state index in [1.807, 2.05) is 61.5 Å². The molecule has 1 fully saturated rings. The molecule has 0 bridgehead atoms. The number of carbonyl (C=O) groups is 2. The molecule has 1 aliphatic rings. The molecule has 2 aromatic carbocycles. The third-order valence-electron chi connectivity index (χ3n) is 4.46. The molecule has 2 amide bonds. The highest BCUT2D eigenvalue weighted by Gasteiger charge is 2.40. The molecule has 2 atom stereocenters. The normalized spacial score (nSPS) is 18.8. The van der Waals surface area contributed by atoms with Crippen molar-refractivity contribution in [2.75, 3.05) is 6.61 Å². The molecular formula is C22H24N2O4. The van der Waals surface area contributed by atoms with E-state index in [0.717, 1.165) is 12.0 Å². The Morgan fingerprint density at radius 3 is 2.57 bits per heavy atom. The largest absolute Gasteiger partial charge is 0.493 e. The fourth-order valence-electron chi connectivity index (χ4n) is 3.12. The Morgan fingerprint density at radius 1 is 1.11 bits per heavy atom. The number of amides is 2. The molecule has 3 rings (SSSR count). The average molecular weight is 380 g/mol. The van der Waals surface area contributed by atoms with Crippen molar-refractivity contribution in [1.29, 1.82) is 0 Å². The van der Waals surface area contributed by atoms with E-state index in [0.29, 0.717) is 23.6 Å². The quantitative estimate of drug-likeness (QED) is 0.718. The van der Waals surface area contributed by atoms with Crippen LogP contribution in [0, 0.1) is 5.92 Å². The van der Waals surface area contributed by atoms with Gasteiger partial charge in [-0.1, -0.05) is 62.0 Å². The van der Waals surface area contributed by atoms with Gasteiger partial charge in [0.15, 0.2) is 0 Å². The summed E-state index contributed by atoms with van der Waals surface area (Å²) in [6.45, 7) is 6.58. The van der Waals surface area contributed by atoms with E-state index in [-0.39, 0.29) is 6.61 Å². The number of urea groups is 1. The molecule has 2 aromatic rings. The topological polar surface area (TPSA) is 76.7 Å². The minimum Gasteiger partial charge on any atom is -0.493 e. The van der Waals surface area contributed by atoms with E-state index < -0.39 is 24.0 Å². The second-order valence-corrected chi connectivity index (χ2v) is 6.56. The van der Waals surface area contributed by atoms with E-state index in [4.69, 9.17) is 9.47 Å². The number of hydrogen-bond acceptors (Lipinski definition) is 4. The zero-order chi connectivity index (χ0) is 19.9. The molecule has 1 heterocycles. The Kier molecular flexibility index (Phi) is 6.32. The van der Waals surface area contributed by atoms with Crippen LogP contribution in [0.15, 0.2) is 66.9 Å². The fraction of sp³-hybridized carbons (Fsp3) is 0.273. The number of ether oxygens (including phenoxy) is 2. The van der Waals surface area contributed by atoms with Crippen LogP contribution in [0.5, 0.6) is 5.75 Å². The van der Waals surface area contributed by atoms with Crippen molar-refractivity contribution in [3.63, 3.8) is 0 Å². The van der Waals surface area contributed by atoms with Crippen LogP contribution in [0.4, 0.5) is 4.79 Å². The highest BCUT2D eigenvalue weighted by Crippen LogP contribution is 2.35. The maximum Gasteiger partial charge on any atom is 0.319 e. The van der Waals surface area contributed by atoms with Crippen LogP contribution in [0.25, 0.3) is 0 Å². The van der Waals surface area contributed by atoms with E-state index in [2.05, 4.69) is 17.2 Å². The van der Waals surface area contributed by atoms with Crippen molar-refractivity contribution in [2.45, 2.75) is 26.0 Å². The molecule has 2 N–H and O–H groups in total. The van der Waals surface area contributed by atoms with Gasteiger partial charge in [-0.3, -0.25) is 4.79 Å². The lowest BCUT2D eigenvalue weighted by molar-refractivity contribution is -0.149. The van der Waals surface area contributed by atoms with Crippen molar-refractivity contribution in [3.05, 3.63) is 78.0 Å². The Labute approximate surface area is 164 Å². The number of hydrogen-bond donors (Lipinski definition) is 2. The van der Waals surface area contributed by atoms with Gasteiger partial charge in [-0.15, -0.1) is 0 Å². The van der Waals surface area contributed by atoms with Gasteiger partial charge in [0.1, 0.15) is 18.3 Å². The predicted octanol–water partition coefficient (Wildman–Crippen LogP) is 3.70. The first-order valence-electron chi connectivity index (χ1n) is 9.28. The van der Waals surface area contributed by atoms with Gasteiger partial charge in [-0.25, -0.2) is 4.79 Å². The molecule has 0 unspecified atom stereocenters. The summed E-state index contributed by atoms with van der Waals surface area (Å²) in [5, 5.41) is 5.40. The van der Waals surface area contributed by atoms with Crippen molar-refractivity contribution in [3.8, 4) is 5.75 Å². The Morgan fingerprint density at radius 2 is 1.82 bits per heavy atom. The third kappa shape index (κ3) is 4.52. The maximum absolute atomic E-state index is 12.9. The van der Waals surface area contributed by atoms with Gasteiger partial charge in [-0.05, 0) is 18.1 Å². The van der Waals surface area contributed by atoms with Gasteiger partial charge in [-0.2, -0.15) is 0 Å². The lowest BCUT2D eigenvalue weighted by Crippen LogP contribution is -2.51. The Balaban J connectivity index is 1.84. The van der Waals surface area contributed by atoms with Crippen molar-refractivity contribution >= 4 is 12.0 Å². The molecule has 0 aliphatic carbocycles. The highest BCUT2D eigenvalue weighted by molar-refractivity contribution is 5.85. The maximum atomic E-state index is 12.9. The van der Waals surface area contributed by atoms with Gasteiger partial charge >= 0.3 is 12.0 Å². The number of esters is 1. The summed E-state index contributed by atoms with van der Waals surface area (Å²) < 4.78 is 11.3. The van der Waals surface area contributed by atoms with Crippen LogP contribution < -0.4 is 15.4 Å². The summed E-state index contributed by atoms with van der Waals surface area (Å²) in [6, 6.07) is 15.8. The first-order valence-corrected chi connectivity index (χ1v) is 9.28. The van der Waals surface area contributed by atoms with Crippen LogP contribution >= 0.6 is 0 Å². The molecule has 146 valence electrons. The minimum absolute atomic E-state index is 0.151. The summed E-state index contributed by atoms with van der Waals surface area (Å²) in [6.07, 6.45) is 0.849. The van der Waals surface area contributed by atoms with Crippen molar-refractivity contribution in [1.82, 2.24) is 10.6 Å². The molecule has 0 radical (unpaired) electrons. The smallest absolute Gasteiger partial charge is 0.319 e. The first-order chi connectivity index (χ1) is 13.6. The molecule has 0 saturated carbocycles. The van der Waals surface area contributed by atoms with Crippen molar-refractivity contribution in [2.24, 2.45) is 5.92 Å². The van der Waals surface area contributed by atoms with Gasteiger partial charge in [0.05, 0.1) is 12.6 Å². The van der Waals surface area contributed by atoms with E-state index in [1.165, 1.54) is 0 Å². The molecular weight excluding hydrogens is 356 g/mol. The van der Waals surface area contributed by atoms with Crippen LogP contribution in [-0.2, 0) is 16.1 Å². The van der Waals surface area contributed by atoms with Crippen LogP contribution in [0.1, 0.15) is 30.5 Å². The number of para-hydroxylation sites is 1. The second kappa shape index (κ2) is 9.08. The first kappa shape index (κ1) is 19.5. The summed E-state index contributed by atoms with van der Waals surface area (Å²) in [4.78, 5) is 24.9. The Bertz CT molecular complexity index is 851. The molecule has 28 heavy (non-hydrogen) atoms. The average Bonchev–Trinajstić information content (AvgIpc) is 2.71. The van der Waals surface area contributed by atoms with Crippen LogP contribution in [0.2, 0.25) is 0 Å². The fourth-order valence-corrected chi connectivity index (χ4v) is 3.12. The summed E-state index contributed by atoms with van der Waals surface area (Å²) in [5.74, 6) is -0.602. The highest BCUT2D eigenvalue weighted by atomic mass is 16.5. The third-order valence-corrected chi connectivity index (χ3v) is 4.46. The standard InChI is InChI=1S/C22H24N2O4/c1-3-13-27-18-12-8-7-11-17(18)20-19(15(2)23-22(26)24-20)21(25)28-14-16-9-5-4-6-10-16/h4-12,19-20H,2-3,13-14H2,1H3,(H2,23,24,26)/t19-,20+/m1/s1. The summed E-state index contributed by atoms with van der Waals surface area (Å²) in [7, 11) is 0. The second-order valence-electron chi connectivity index (χ2n) is 6.56. The number of carbonyl (C=O) groups excluding carboxylic acids is 2. The molecule has 0 aromatic heterocycles. The summed E-state index contributed by atoms with van der Waals surface area (Å²) >= 11 is 0. The minimum atomic E-state index is -0.771.